The average molecular weight is 266 g/mol. The first-order valence-electron chi connectivity index (χ1n) is 6.29. The highest BCUT2D eigenvalue weighted by Gasteiger charge is 2.00. The molecule has 0 saturated heterocycles. The molecule has 0 aliphatic heterocycles. The number of ether oxygens (including phenoxy) is 2. The Morgan fingerprint density at radius 2 is 2.00 bits per heavy atom. The molecule has 0 unspecified atom stereocenters. The molecule has 0 atom stereocenters. The van der Waals surface area contributed by atoms with Gasteiger partial charge in [-0.25, -0.2) is 0 Å². The van der Waals surface area contributed by atoms with Crippen molar-refractivity contribution in [1.29, 1.82) is 0 Å². The molecule has 0 aliphatic rings. The Hall–Kier alpha value is -1.43. The minimum atomic E-state index is -0.0231. The molecular weight excluding hydrogens is 244 g/mol. The molecule has 0 fully saturated rings. The Balaban J connectivity index is 2.24. The third-order valence-electron chi connectivity index (χ3n) is 2.55. The number of carbonyl (C=O) groups excluding carboxylic acids is 1. The van der Waals surface area contributed by atoms with Crippen LogP contribution >= 0.6 is 0 Å². The zero-order chi connectivity index (χ0) is 13.9. The van der Waals surface area contributed by atoms with Gasteiger partial charge in [0.2, 0.25) is 5.91 Å². The van der Waals surface area contributed by atoms with Gasteiger partial charge in [-0.15, -0.1) is 0 Å². The van der Waals surface area contributed by atoms with Gasteiger partial charge < -0.3 is 20.1 Å². The van der Waals surface area contributed by atoms with Crippen molar-refractivity contribution < 1.29 is 14.3 Å². The van der Waals surface area contributed by atoms with Crippen molar-refractivity contribution in [2.45, 2.75) is 13.2 Å². The first-order chi connectivity index (χ1) is 9.26. The molecule has 0 saturated carbocycles. The van der Waals surface area contributed by atoms with Gasteiger partial charge in [-0.05, 0) is 11.1 Å². The maximum absolute atomic E-state index is 11.4. The third kappa shape index (κ3) is 6.91. The highest BCUT2D eigenvalue weighted by molar-refractivity contribution is 5.77. The van der Waals surface area contributed by atoms with Crippen LogP contribution in [0.4, 0.5) is 0 Å². The van der Waals surface area contributed by atoms with Gasteiger partial charge in [0.05, 0.1) is 19.8 Å². The Morgan fingerprint density at radius 3 is 2.74 bits per heavy atom. The van der Waals surface area contributed by atoms with Crippen LogP contribution < -0.4 is 10.6 Å². The maximum atomic E-state index is 11.4. The van der Waals surface area contributed by atoms with Gasteiger partial charge in [0.1, 0.15) is 0 Å². The topological polar surface area (TPSA) is 59.6 Å². The van der Waals surface area contributed by atoms with Crippen molar-refractivity contribution in [3.8, 4) is 0 Å². The Morgan fingerprint density at radius 1 is 1.21 bits per heavy atom. The van der Waals surface area contributed by atoms with Crippen LogP contribution in [0.3, 0.4) is 0 Å². The molecule has 1 aromatic carbocycles. The number of carbonyl (C=O) groups is 1. The molecule has 0 aromatic heterocycles. The molecule has 1 aromatic rings. The van der Waals surface area contributed by atoms with Crippen molar-refractivity contribution in [3.63, 3.8) is 0 Å². The van der Waals surface area contributed by atoms with Gasteiger partial charge in [0.15, 0.2) is 0 Å². The molecule has 0 bridgehead atoms. The van der Waals surface area contributed by atoms with Crippen molar-refractivity contribution in [3.05, 3.63) is 35.4 Å². The molecular formula is C14H22N2O3. The molecule has 106 valence electrons. The second-order valence-electron chi connectivity index (χ2n) is 4.20. The summed E-state index contributed by atoms with van der Waals surface area (Å²) in [5, 5.41) is 5.86. The van der Waals surface area contributed by atoms with Gasteiger partial charge in [0, 0.05) is 27.3 Å². The summed E-state index contributed by atoms with van der Waals surface area (Å²) in [5.41, 5.74) is 2.27. The number of nitrogens with one attached hydrogen (secondary N) is 2. The number of methoxy groups -OCH3 is 2. The summed E-state index contributed by atoms with van der Waals surface area (Å²) in [5.74, 6) is -0.0231. The van der Waals surface area contributed by atoms with E-state index in [1.165, 1.54) is 0 Å². The van der Waals surface area contributed by atoms with Gasteiger partial charge >= 0.3 is 0 Å². The summed E-state index contributed by atoms with van der Waals surface area (Å²) in [6.45, 7) is 2.64. The Bertz CT molecular complexity index is 383. The lowest BCUT2D eigenvalue weighted by Crippen LogP contribution is -2.35. The van der Waals surface area contributed by atoms with E-state index in [0.717, 1.165) is 11.1 Å². The Kier molecular flexibility index (Phi) is 7.81. The van der Waals surface area contributed by atoms with Crippen LogP contribution in [0.5, 0.6) is 0 Å². The minimum Gasteiger partial charge on any atom is -0.383 e. The lowest BCUT2D eigenvalue weighted by Gasteiger charge is -2.07. The molecule has 5 heteroatoms. The highest BCUT2D eigenvalue weighted by Crippen LogP contribution is 2.05. The second-order valence-corrected chi connectivity index (χ2v) is 4.20. The quantitative estimate of drug-likeness (QED) is 0.646. The van der Waals surface area contributed by atoms with Crippen LogP contribution in [0.25, 0.3) is 0 Å². The SMILES string of the molecule is COCCNC(=O)CNCc1cccc(COC)c1. The predicted molar refractivity (Wildman–Crippen MR) is 73.7 cm³/mol. The fraction of sp³-hybridized carbons (Fsp3) is 0.500. The van der Waals surface area contributed by atoms with E-state index in [1.807, 2.05) is 18.2 Å². The molecule has 0 heterocycles. The van der Waals surface area contributed by atoms with Crippen LogP contribution in [0.15, 0.2) is 24.3 Å². The molecule has 1 rings (SSSR count). The van der Waals surface area contributed by atoms with Crippen molar-refractivity contribution in [2.24, 2.45) is 0 Å². The number of hydrogen-bond donors (Lipinski definition) is 2. The van der Waals surface area contributed by atoms with E-state index >= 15 is 0 Å². The molecule has 5 nitrogen and oxygen atoms in total. The van der Waals surface area contributed by atoms with Crippen LogP contribution in [0.2, 0.25) is 0 Å². The molecule has 0 aliphatic carbocycles. The molecule has 0 radical (unpaired) electrons. The summed E-state index contributed by atoms with van der Waals surface area (Å²) in [7, 11) is 3.28. The van der Waals surface area contributed by atoms with E-state index in [9.17, 15) is 4.79 Å². The fourth-order valence-electron chi connectivity index (χ4n) is 1.67. The average Bonchev–Trinajstić information content (AvgIpc) is 2.40. The lowest BCUT2D eigenvalue weighted by molar-refractivity contribution is -0.120. The Labute approximate surface area is 114 Å². The second kappa shape index (κ2) is 9.49. The number of amides is 1. The maximum Gasteiger partial charge on any atom is 0.234 e. The van der Waals surface area contributed by atoms with E-state index in [1.54, 1.807) is 14.2 Å². The normalized spacial score (nSPS) is 10.4. The van der Waals surface area contributed by atoms with Crippen LogP contribution in [0.1, 0.15) is 11.1 Å². The number of rotatable bonds is 9. The summed E-state index contributed by atoms with van der Waals surface area (Å²) in [6, 6.07) is 8.10. The number of benzene rings is 1. The largest absolute Gasteiger partial charge is 0.383 e. The highest BCUT2D eigenvalue weighted by atomic mass is 16.5. The zero-order valence-corrected chi connectivity index (χ0v) is 11.6. The first kappa shape index (κ1) is 15.6. The number of hydrogen-bond acceptors (Lipinski definition) is 4. The van der Waals surface area contributed by atoms with Crippen LogP contribution in [-0.4, -0.2) is 39.8 Å². The molecule has 2 N–H and O–H groups in total. The predicted octanol–water partition coefficient (Wildman–Crippen LogP) is 0.685. The van der Waals surface area contributed by atoms with Crippen LogP contribution in [-0.2, 0) is 27.4 Å². The summed E-state index contributed by atoms with van der Waals surface area (Å²) in [6.07, 6.45) is 0. The van der Waals surface area contributed by atoms with Crippen molar-refractivity contribution >= 4 is 5.91 Å². The molecule has 0 spiro atoms. The monoisotopic (exact) mass is 266 g/mol. The van der Waals surface area contributed by atoms with Crippen LogP contribution in [0, 0.1) is 0 Å². The van der Waals surface area contributed by atoms with E-state index in [-0.39, 0.29) is 5.91 Å². The fourth-order valence-corrected chi connectivity index (χ4v) is 1.67. The lowest BCUT2D eigenvalue weighted by atomic mass is 10.1. The van der Waals surface area contributed by atoms with E-state index in [2.05, 4.69) is 16.7 Å². The minimum absolute atomic E-state index is 0.0231. The summed E-state index contributed by atoms with van der Waals surface area (Å²) < 4.78 is 9.94. The smallest absolute Gasteiger partial charge is 0.234 e. The summed E-state index contributed by atoms with van der Waals surface area (Å²) >= 11 is 0. The van der Waals surface area contributed by atoms with Crippen molar-refractivity contribution in [2.75, 3.05) is 33.9 Å². The van der Waals surface area contributed by atoms with Crippen molar-refractivity contribution in [1.82, 2.24) is 10.6 Å². The summed E-state index contributed by atoms with van der Waals surface area (Å²) in [4.78, 5) is 11.4. The standard InChI is InChI=1S/C14H22N2O3/c1-18-7-6-16-14(17)10-15-9-12-4-3-5-13(8-12)11-19-2/h3-5,8,15H,6-7,9-11H2,1-2H3,(H,16,17). The van der Waals surface area contributed by atoms with Gasteiger partial charge in [0.25, 0.3) is 0 Å². The molecule has 19 heavy (non-hydrogen) atoms. The van der Waals surface area contributed by atoms with E-state index < -0.39 is 0 Å². The molecule has 1 amide bonds. The van der Waals surface area contributed by atoms with Gasteiger partial charge in [-0.1, -0.05) is 24.3 Å². The zero-order valence-electron chi connectivity index (χ0n) is 11.6. The van der Waals surface area contributed by atoms with Gasteiger partial charge in [-0.2, -0.15) is 0 Å². The van der Waals surface area contributed by atoms with Gasteiger partial charge in [-0.3, -0.25) is 4.79 Å². The van der Waals surface area contributed by atoms with E-state index in [0.29, 0.717) is 32.8 Å². The van der Waals surface area contributed by atoms with E-state index in [4.69, 9.17) is 9.47 Å². The third-order valence-corrected chi connectivity index (χ3v) is 2.55. The first-order valence-corrected chi connectivity index (χ1v) is 6.29.